The Labute approximate surface area is 151 Å². The number of piperazine rings is 1. The highest BCUT2D eigenvalue weighted by atomic mass is 15.3. The minimum absolute atomic E-state index is 0.608. The Hall–Kier alpha value is -3.53. The topological polar surface area (TPSA) is 81.8 Å². The number of hydrogen-bond donors (Lipinski definition) is 0. The van der Waals surface area contributed by atoms with Crippen LogP contribution in [0.25, 0.3) is 11.3 Å². The maximum atomic E-state index is 9.27. The van der Waals surface area contributed by atoms with Gasteiger partial charge in [-0.3, -0.25) is 4.98 Å². The second-order valence-corrected chi connectivity index (χ2v) is 5.94. The van der Waals surface area contributed by atoms with Crippen LogP contribution in [0.5, 0.6) is 0 Å². The van der Waals surface area contributed by atoms with Gasteiger partial charge in [0.15, 0.2) is 0 Å². The van der Waals surface area contributed by atoms with E-state index in [1.54, 1.807) is 36.9 Å². The van der Waals surface area contributed by atoms with Crippen molar-refractivity contribution >= 4 is 11.8 Å². The molecule has 0 aliphatic carbocycles. The predicted molar refractivity (Wildman–Crippen MR) is 98.6 cm³/mol. The molecule has 0 spiro atoms. The van der Waals surface area contributed by atoms with Crippen LogP contribution in [0.15, 0.2) is 55.1 Å². The maximum Gasteiger partial charge on any atom is 0.225 e. The van der Waals surface area contributed by atoms with Gasteiger partial charge in [0.2, 0.25) is 5.95 Å². The molecule has 0 N–H and O–H groups in total. The Balaban J connectivity index is 1.50. The van der Waals surface area contributed by atoms with Crippen molar-refractivity contribution in [3.8, 4) is 17.3 Å². The largest absolute Gasteiger partial charge is 0.352 e. The number of aromatic nitrogens is 4. The molecular weight excluding hydrogens is 326 g/mol. The normalized spacial score (nSPS) is 14.1. The zero-order valence-corrected chi connectivity index (χ0v) is 14.2. The van der Waals surface area contributed by atoms with Gasteiger partial charge in [-0.15, -0.1) is 0 Å². The van der Waals surface area contributed by atoms with Crippen LogP contribution in [0.4, 0.5) is 11.8 Å². The molecule has 4 heterocycles. The second-order valence-electron chi connectivity index (χ2n) is 5.94. The summed E-state index contributed by atoms with van der Waals surface area (Å²) in [5, 5.41) is 9.27. The van der Waals surface area contributed by atoms with Crippen LogP contribution < -0.4 is 9.80 Å². The molecule has 0 saturated carbocycles. The lowest BCUT2D eigenvalue weighted by Gasteiger charge is -2.35. The van der Waals surface area contributed by atoms with Crippen molar-refractivity contribution in [1.29, 1.82) is 5.26 Å². The number of hydrogen-bond acceptors (Lipinski definition) is 7. The minimum Gasteiger partial charge on any atom is -0.352 e. The zero-order valence-electron chi connectivity index (χ0n) is 14.2. The van der Waals surface area contributed by atoms with Crippen LogP contribution in [-0.2, 0) is 0 Å². The number of pyridine rings is 2. The highest BCUT2D eigenvalue weighted by Gasteiger charge is 2.22. The first-order chi connectivity index (χ1) is 12.8. The Morgan fingerprint density at radius 3 is 2.38 bits per heavy atom. The summed E-state index contributed by atoms with van der Waals surface area (Å²) in [6, 6.07) is 11.6. The first kappa shape index (κ1) is 16.0. The van der Waals surface area contributed by atoms with E-state index >= 15 is 0 Å². The van der Waals surface area contributed by atoms with E-state index in [0.29, 0.717) is 5.56 Å². The summed E-state index contributed by atoms with van der Waals surface area (Å²) in [6.45, 7) is 3.10. The summed E-state index contributed by atoms with van der Waals surface area (Å²) in [5.41, 5.74) is 2.52. The van der Waals surface area contributed by atoms with E-state index in [1.807, 2.05) is 18.2 Å². The third-order valence-electron chi connectivity index (χ3n) is 4.39. The molecule has 1 fully saturated rings. The Kier molecular flexibility index (Phi) is 4.39. The van der Waals surface area contributed by atoms with Gasteiger partial charge in [-0.05, 0) is 30.3 Å². The lowest BCUT2D eigenvalue weighted by atomic mass is 10.2. The molecule has 3 aromatic rings. The first-order valence-electron chi connectivity index (χ1n) is 8.43. The zero-order chi connectivity index (χ0) is 17.8. The van der Waals surface area contributed by atoms with E-state index in [1.165, 1.54) is 0 Å². The van der Waals surface area contributed by atoms with Crippen molar-refractivity contribution in [2.75, 3.05) is 36.0 Å². The Morgan fingerprint density at radius 2 is 1.62 bits per heavy atom. The SMILES string of the molecule is N#Cc1cccnc1N1CCN(c2nccc(-c3ccncc3)n2)CC1. The standard InChI is InChI=1S/C19H17N7/c20-14-16-2-1-6-22-18(16)25-10-12-26(13-11-25)19-23-9-5-17(24-19)15-3-7-21-8-4-15/h1-9H,10-13H2. The van der Waals surface area contributed by atoms with Crippen molar-refractivity contribution in [2.24, 2.45) is 0 Å². The van der Waals surface area contributed by atoms with Gasteiger partial charge in [0.1, 0.15) is 11.9 Å². The summed E-state index contributed by atoms with van der Waals surface area (Å²) in [7, 11) is 0. The van der Waals surface area contributed by atoms with Crippen LogP contribution in [0.2, 0.25) is 0 Å². The minimum atomic E-state index is 0.608. The van der Waals surface area contributed by atoms with E-state index in [0.717, 1.165) is 49.2 Å². The van der Waals surface area contributed by atoms with Gasteiger partial charge in [0, 0.05) is 56.5 Å². The quantitative estimate of drug-likeness (QED) is 0.720. The average Bonchev–Trinajstić information content (AvgIpc) is 2.74. The van der Waals surface area contributed by atoms with Gasteiger partial charge in [-0.2, -0.15) is 5.26 Å². The molecule has 0 amide bonds. The van der Waals surface area contributed by atoms with E-state index in [-0.39, 0.29) is 0 Å². The van der Waals surface area contributed by atoms with E-state index in [2.05, 4.69) is 30.8 Å². The number of anilines is 2. The van der Waals surface area contributed by atoms with Crippen LogP contribution in [-0.4, -0.2) is 46.1 Å². The molecule has 26 heavy (non-hydrogen) atoms. The third-order valence-corrected chi connectivity index (χ3v) is 4.39. The molecule has 0 bridgehead atoms. The molecule has 0 aromatic carbocycles. The van der Waals surface area contributed by atoms with Gasteiger partial charge in [-0.25, -0.2) is 15.0 Å². The van der Waals surface area contributed by atoms with Gasteiger partial charge in [0.25, 0.3) is 0 Å². The molecule has 7 nitrogen and oxygen atoms in total. The van der Waals surface area contributed by atoms with Crippen LogP contribution in [0, 0.1) is 11.3 Å². The summed E-state index contributed by atoms with van der Waals surface area (Å²) < 4.78 is 0. The molecule has 7 heteroatoms. The molecular formula is C19H17N7. The van der Waals surface area contributed by atoms with E-state index < -0.39 is 0 Å². The van der Waals surface area contributed by atoms with Crippen molar-refractivity contribution in [1.82, 2.24) is 19.9 Å². The highest BCUT2D eigenvalue weighted by molar-refractivity contribution is 5.59. The van der Waals surface area contributed by atoms with Crippen molar-refractivity contribution in [3.63, 3.8) is 0 Å². The lowest BCUT2D eigenvalue weighted by Crippen LogP contribution is -2.47. The summed E-state index contributed by atoms with van der Waals surface area (Å²) >= 11 is 0. The smallest absolute Gasteiger partial charge is 0.225 e. The molecule has 3 aromatic heterocycles. The molecule has 0 radical (unpaired) electrons. The summed E-state index contributed by atoms with van der Waals surface area (Å²) in [6.07, 6.45) is 7.03. The van der Waals surface area contributed by atoms with Crippen LogP contribution >= 0.6 is 0 Å². The fraction of sp³-hybridized carbons (Fsp3) is 0.211. The molecule has 1 saturated heterocycles. The summed E-state index contributed by atoms with van der Waals surface area (Å²) in [4.78, 5) is 21.9. The van der Waals surface area contributed by atoms with Gasteiger partial charge in [-0.1, -0.05) is 0 Å². The Bertz CT molecular complexity index is 928. The lowest BCUT2D eigenvalue weighted by molar-refractivity contribution is 0.634. The predicted octanol–water partition coefficient (Wildman–Crippen LogP) is 2.13. The molecule has 4 rings (SSSR count). The molecule has 128 valence electrons. The van der Waals surface area contributed by atoms with Crippen LogP contribution in [0.1, 0.15) is 5.56 Å². The number of nitriles is 1. The van der Waals surface area contributed by atoms with Crippen LogP contribution in [0.3, 0.4) is 0 Å². The number of rotatable bonds is 3. The maximum absolute atomic E-state index is 9.27. The fourth-order valence-corrected chi connectivity index (χ4v) is 3.04. The highest BCUT2D eigenvalue weighted by Crippen LogP contribution is 2.21. The average molecular weight is 343 g/mol. The van der Waals surface area contributed by atoms with Crippen molar-refractivity contribution in [2.45, 2.75) is 0 Å². The number of nitrogens with zero attached hydrogens (tertiary/aromatic N) is 7. The molecule has 0 atom stereocenters. The first-order valence-corrected chi connectivity index (χ1v) is 8.43. The fourth-order valence-electron chi connectivity index (χ4n) is 3.04. The monoisotopic (exact) mass is 343 g/mol. The van der Waals surface area contributed by atoms with Crippen molar-refractivity contribution in [3.05, 3.63) is 60.7 Å². The second kappa shape index (κ2) is 7.15. The summed E-state index contributed by atoms with van der Waals surface area (Å²) in [5.74, 6) is 1.47. The Morgan fingerprint density at radius 1 is 0.846 bits per heavy atom. The molecule has 1 aliphatic heterocycles. The van der Waals surface area contributed by atoms with Crippen molar-refractivity contribution < 1.29 is 0 Å². The van der Waals surface area contributed by atoms with E-state index in [4.69, 9.17) is 4.98 Å². The van der Waals surface area contributed by atoms with Gasteiger partial charge >= 0.3 is 0 Å². The van der Waals surface area contributed by atoms with Gasteiger partial charge < -0.3 is 9.80 Å². The van der Waals surface area contributed by atoms with Gasteiger partial charge in [0.05, 0.1) is 11.3 Å². The molecule has 0 unspecified atom stereocenters. The third kappa shape index (κ3) is 3.17. The van der Waals surface area contributed by atoms with E-state index in [9.17, 15) is 5.26 Å². The molecule has 1 aliphatic rings.